The van der Waals surface area contributed by atoms with Gasteiger partial charge in [0.2, 0.25) is 0 Å². The van der Waals surface area contributed by atoms with E-state index in [1.165, 1.54) is 11.3 Å². The number of anilines is 2. The summed E-state index contributed by atoms with van der Waals surface area (Å²) in [6.07, 6.45) is 2.96. The largest absolute Gasteiger partial charge is 0.495 e. The maximum Gasteiger partial charge on any atom is 0.263 e. The number of hydrogen-bond donors (Lipinski definition) is 2. The highest BCUT2D eigenvalue weighted by molar-refractivity contribution is 7.17. The molecular weight excluding hydrogens is 410 g/mol. The first kappa shape index (κ1) is 21.3. The monoisotopic (exact) mass is 437 g/mol. The summed E-state index contributed by atoms with van der Waals surface area (Å²) in [5.41, 5.74) is 2.67. The topological polar surface area (TPSA) is 72.5 Å². The number of nitrogens with zero attached hydrogens (tertiary/aromatic N) is 1. The first-order valence-electron chi connectivity index (χ1n) is 10.5. The number of nitrogens with one attached hydrogen (secondary N) is 2. The highest BCUT2D eigenvalue weighted by Crippen LogP contribution is 2.31. The molecule has 162 valence electrons. The van der Waals surface area contributed by atoms with Crippen molar-refractivity contribution in [3.05, 3.63) is 70.7 Å². The molecule has 1 aromatic heterocycles. The van der Waals surface area contributed by atoms with Gasteiger partial charge in [0.1, 0.15) is 10.6 Å². The number of para-hydroxylation sites is 2. The predicted molar refractivity (Wildman–Crippen MR) is 123 cm³/mol. The average molecular weight is 438 g/mol. The lowest BCUT2D eigenvalue weighted by Crippen LogP contribution is -2.41. The lowest BCUT2D eigenvalue weighted by Gasteiger charge is -2.21. The van der Waals surface area contributed by atoms with Gasteiger partial charge >= 0.3 is 0 Å². The number of hydrogen-bond acceptors (Lipinski definition) is 6. The Kier molecular flexibility index (Phi) is 6.84. The standard InChI is InChI=1S/C24H27N3O3S/c1-16-22(31-24(25-16)27-18-11-6-7-13-20(18)29-2)23(28)26-19-12-8-14-21(19)30-15-17-9-4-3-5-10-17/h3-7,9-11,13,19,21H,8,12,14-15H2,1-2H3,(H,25,27)(H,26,28)/t19-,21-/m0/s1. The second kappa shape index (κ2) is 9.94. The highest BCUT2D eigenvalue weighted by atomic mass is 32.1. The van der Waals surface area contributed by atoms with Crippen molar-refractivity contribution >= 4 is 28.1 Å². The SMILES string of the molecule is COc1ccccc1Nc1nc(C)c(C(=O)N[C@H]2CCC[C@@H]2OCc2ccccc2)s1. The van der Waals surface area contributed by atoms with E-state index >= 15 is 0 Å². The van der Waals surface area contributed by atoms with E-state index in [0.717, 1.165) is 36.3 Å². The van der Waals surface area contributed by atoms with Crippen LogP contribution in [-0.4, -0.2) is 30.1 Å². The number of amides is 1. The van der Waals surface area contributed by atoms with E-state index < -0.39 is 0 Å². The number of ether oxygens (including phenoxy) is 2. The molecule has 0 radical (unpaired) electrons. The molecule has 1 heterocycles. The Morgan fingerprint density at radius 3 is 2.71 bits per heavy atom. The number of aromatic nitrogens is 1. The van der Waals surface area contributed by atoms with Gasteiger partial charge in [-0.15, -0.1) is 0 Å². The van der Waals surface area contributed by atoms with Crippen LogP contribution in [0.2, 0.25) is 0 Å². The van der Waals surface area contributed by atoms with E-state index in [9.17, 15) is 4.79 Å². The fourth-order valence-corrected chi connectivity index (χ4v) is 4.71. The normalized spacial score (nSPS) is 18.0. The quantitative estimate of drug-likeness (QED) is 0.515. The van der Waals surface area contributed by atoms with E-state index in [1.54, 1.807) is 7.11 Å². The molecule has 1 amide bonds. The molecule has 2 atom stereocenters. The summed E-state index contributed by atoms with van der Waals surface area (Å²) in [5.74, 6) is 0.633. The molecule has 4 rings (SSSR count). The Morgan fingerprint density at radius 2 is 1.90 bits per heavy atom. The van der Waals surface area contributed by atoms with Gasteiger partial charge < -0.3 is 20.1 Å². The van der Waals surface area contributed by atoms with E-state index in [4.69, 9.17) is 9.47 Å². The van der Waals surface area contributed by atoms with Crippen LogP contribution in [0.15, 0.2) is 54.6 Å². The molecule has 6 nitrogen and oxygen atoms in total. The van der Waals surface area contributed by atoms with Crippen molar-refractivity contribution in [2.45, 2.75) is 44.9 Å². The molecule has 2 aromatic carbocycles. The molecule has 3 aromatic rings. The molecule has 1 fully saturated rings. The molecule has 0 spiro atoms. The molecule has 0 bridgehead atoms. The molecular formula is C24H27N3O3S. The van der Waals surface area contributed by atoms with Gasteiger partial charge in [0.15, 0.2) is 5.13 Å². The van der Waals surface area contributed by atoms with Crippen LogP contribution in [0, 0.1) is 6.92 Å². The number of methoxy groups -OCH3 is 1. The van der Waals surface area contributed by atoms with Gasteiger partial charge in [-0.3, -0.25) is 4.79 Å². The zero-order valence-electron chi connectivity index (χ0n) is 17.8. The molecule has 0 saturated heterocycles. The van der Waals surface area contributed by atoms with Crippen LogP contribution in [0.4, 0.5) is 10.8 Å². The summed E-state index contributed by atoms with van der Waals surface area (Å²) in [5, 5.41) is 7.10. The molecule has 31 heavy (non-hydrogen) atoms. The maximum atomic E-state index is 13.0. The molecule has 1 saturated carbocycles. The van der Waals surface area contributed by atoms with Crippen molar-refractivity contribution in [1.29, 1.82) is 0 Å². The lowest BCUT2D eigenvalue weighted by atomic mass is 10.2. The fraction of sp³-hybridized carbons (Fsp3) is 0.333. The van der Waals surface area contributed by atoms with E-state index in [2.05, 4.69) is 27.8 Å². The van der Waals surface area contributed by atoms with Crippen molar-refractivity contribution in [3.8, 4) is 5.75 Å². The third-order valence-corrected chi connectivity index (χ3v) is 6.50. The lowest BCUT2D eigenvalue weighted by molar-refractivity contribution is 0.0272. The molecule has 1 aliphatic carbocycles. The number of benzene rings is 2. The van der Waals surface area contributed by atoms with Gasteiger partial charge in [-0.1, -0.05) is 53.8 Å². The minimum absolute atomic E-state index is 0.0170. The highest BCUT2D eigenvalue weighted by Gasteiger charge is 2.30. The predicted octanol–water partition coefficient (Wildman–Crippen LogP) is 5.07. The van der Waals surface area contributed by atoms with Crippen LogP contribution in [-0.2, 0) is 11.3 Å². The van der Waals surface area contributed by atoms with Crippen molar-refractivity contribution < 1.29 is 14.3 Å². The van der Waals surface area contributed by atoms with Gasteiger partial charge in [0.25, 0.3) is 5.91 Å². The Hall–Kier alpha value is -2.90. The van der Waals surface area contributed by atoms with Crippen LogP contribution in [0.5, 0.6) is 5.75 Å². The van der Waals surface area contributed by atoms with E-state index in [-0.39, 0.29) is 18.1 Å². The van der Waals surface area contributed by atoms with E-state index in [0.29, 0.717) is 22.3 Å². The van der Waals surface area contributed by atoms with Crippen molar-refractivity contribution in [1.82, 2.24) is 10.3 Å². The summed E-state index contributed by atoms with van der Waals surface area (Å²) in [7, 11) is 1.63. The number of carbonyl (C=O) groups is 1. The first-order valence-corrected chi connectivity index (χ1v) is 11.3. The summed E-state index contributed by atoms with van der Waals surface area (Å²) in [6, 6.07) is 17.8. The zero-order chi connectivity index (χ0) is 21.6. The number of carbonyl (C=O) groups excluding carboxylic acids is 1. The minimum atomic E-state index is -0.0942. The van der Waals surface area contributed by atoms with Crippen molar-refractivity contribution in [3.63, 3.8) is 0 Å². The number of aryl methyl sites for hydroxylation is 1. The van der Waals surface area contributed by atoms with Crippen LogP contribution in [0.25, 0.3) is 0 Å². The Morgan fingerprint density at radius 1 is 1.13 bits per heavy atom. The van der Waals surface area contributed by atoms with Gasteiger partial charge in [-0.2, -0.15) is 0 Å². The van der Waals surface area contributed by atoms with Crippen LogP contribution in [0.1, 0.15) is 40.2 Å². The second-order valence-corrected chi connectivity index (χ2v) is 8.60. The van der Waals surface area contributed by atoms with Crippen LogP contribution >= 0.6 is 11.3 Å². The molecule has 0 unspecified atom stereocenters. The first-order chi connectivity index (χ1) is 15.1. The fourth-order valence-electron chi connectivity index (χ4n) is 3.83. The van der Waals surface area contributed by atoms with E-state index in [1.807, 2.05) is 49.4 Å². The zero-order valence-corrected chi connectivity index (χ0v) is 18.6. The Bertz CT molecular complexity index is 1020. The van der Waals surface area contributed by atoms with Crippen molar-refractivity contribution in [2.24, 2.45) is 0 Å². The van der Waals surface area contributed by atoms with Gasteiger partial charge in [0, 0.05) is 0 Å². The van der Waals surface area contributed by atoms with Crippen LogP contribution in [0.3, 0.4) is 0 Å². The minimum Gasteiger partial charge on any atom is -0.495 e. The third-order valence-electron chi connectivity index (χ3n) is 5.43. The summed E-state index contributed by atoms with van der Waals surface area (Å²) >= 11 is 1.35. The molecule has 7 heteroatoms. The van der Waals surface area contributed by atoms with Crippen LogP contribution < -0.4 is 15.4 Å². The smallest absolute Gasteiger partial charge is 0.263 e. The summed E-state index contributed by atoms with van der Waals surface area (Å²) in [4.78, 5) is 18.1. The Balaban J connectivity index is 1.39. The molecule has 1 aliphatic rings. The van der Waals surface area contributed by atoms with Gasteiger partial charge in [-0.05, 0) is 43.9 Å². The average Bonchev–Trinajstić information content (AvgIpc) is 3.39. The maximum absolute atomic E-state index is 13.0. The molecule has 2 N–H and O–H groups in total. The second-order valence-electron chi connectivity index (χ2n) is 7.60. The number of rotatable bonds is 8. The third kappa shape index (κ3) is 5.24. The summed E-state index contributed by atoms with van der Waals surface area (Å²) < 4.78 is 11.5. The van der Waals surface area contributed by atoms with Gasteiger partial charge in [-0.25, -0.2) is 4.98 Å². The molecule has 0 aliphatic heterocycles. The van der Waals surface area contributed by atoms with Gasteiger partial charge in [0.05, 0.1) is 37.2 Å². The summed E-state index contributed by atoms with van der Waals surface area (Å²) in [6.45, 7) is 2.42. The number of thiazole rings is 1. The van der Waals surface area contributed by atoms with Crippen molar-refractivity contribution in [2.75, 3.05) is 12.4 Å². The Labute approximate surface area is 186 Å².